The summed E-state index contributed by atoms with van der Waals surface area (Å²) in [6.45, 7) is 4.04. The second-order valence-electron chi connectivity index (χ2n) is 3.72. The molecule has 0 aliphatic heterocycles. The van der Waals surface area contributed by atoms with Gasteiger partial charge in [-0.2, -0.15) is 5.10 Å². The minimum Gasteiger partial charge on any atom is -0.490 e. The van der Waals surface area contributed by atoms with Gasteiger partial charge in [0.2, 0.25) is 5.75 Å². The average Bonchev–Trinajstić information content (AvgIpc) is 2.41. The van der Waals surface area contributed by atoms with E-state index in [-0.39, 0.29) is 23.8 Å². The number of hydrazone groups is 1. The molecule has 0 bridgehead atoms. The Kier molecular flexibility index (Phi) is 5.93. The highest BCUT2D eigenvalue weighted by Gasteiger charge is 2.22. The first-order chi connectivity index (χ1) is 9.99. The zero-order chi connectivity index (χ0) is 15.8. The molecule has 1 aromatic carbocycles. The summed E-state index contributed by atoms with van der Waals surface area (Å²) >= 11 is 0. The van der Waals surface area contributed by atoms with Crippen molar-refractivity contribution >= 4 is 17.9 Å². The summed E-state index contributed by atoms with van der Waals surface area (Å²) in [4.78, 5) is 21.1. The maximum atomic E-state index is 11.1. The predicted molar refractivity (Wildman–Crippen MR) is 75.7 cm³/mol. The van der Waals surface area contributed by atoms with Gasteiger partial charge in [0.15, 0.2) is 5.75 Å². The van der Waals surface area contributed by atoms with Crippen LogP contribution in [0, 0.1) is 10.1 Å². The van der Waals surface area contributed by atoms with E-state index in [1.807, 2.05) is 5.43 Å². The summed E-state index contributed by atoms with van der Waals surface area (Å²) < 4.78 is 10.6. The fourth-order valence-corrected chi connectivity index (χ4v) is 1.54. The van der Waals surface area contributed by atoms with Crippen molar-refractivity contribution in [2.75, 3.05) is 13.2 Å². The number of nitro benzene ring substituents is 1. The van der Waals surface area contributed by atoms with Crippen LogP contribution in [0.25, 0.3) is 0 Å². The fraction of sp³-hybridized carbons (Fsp3) is 0.333. The van der Waals surface area contributed by atoms with Gasteiger partial charge in [-0.25, -0.2) is 10.2 Å². The summed E-state index contributed by atoms with van der Waals surface area (Å²) in [6.07, 6.45) is 1.22. The number of nitrogens with zero attached hydrogens (tertiary/aromatic N) is 2. The average molecular weight is 296 g/mol. The molecule has 9 heteroatoms. The van der Waals surface area contributed by atoms with Crippen LogP contribution in [0.1, 0.15) is 19.4 Å². The highest BCUT2D eigenvalue weighted by atomic mass is 16.6. The molecule has 0 aromatic heterocycles. The molecule has 0 unspecified atom stereocenters. The molecule has 114 valence electrons. The second-order valence-corrected chi connectivity index (χ2v) is 3.72. The van der Waals surface area contributed by atoms with E-state index in [4.69, 9.17) is 15.2 Å². The lowest BCUT2D eigenvalue weighted by molar-refractivity contribution is -0.385. The summed E-state index contributed by atoms with van der Waals surface area (Å²) in [5, 5.41) is 14.7. The van der Waals surface area contributed by atoms with E-state index < -0.39 is 11.0 Å². The molecule has 3 N–H and O–H groups in total. The first-order valence-electron chi connectivity index (χ1n) is 6.16. The van der Waals surface area contributed by atoms with Gasteiger partial charge in [-0.3, -0.25) is 10.1 Å². The molecule has 0 spiro atoms. The van der Waals surface area contributed by atoms with E-state index in [0.717, 1.165) is 0 Å². The zero-order valence-electron chi connectivity index (χ0n) is 11.7. The van der Waals surface area contributed by atoms with Gasteiger partial charge in [0.05, 0.1) is 24.4 Å². The van der Waals surface area contributed by atoms with Crippen LogP contribution in [0.3, 0.4) is 0 Å². The molecular weight excluding hydrogens is 280 g/mol. The van der Waals surface area contributed by atoms with Crippen molar-refractivity contribution in [3.8, 4) is 11.5 Å². The third-order valence-electron chi connectivity index (χ3n) is 2.23. The maximum Gasteiger partial charge on any atom is 0.332 e. The Morgan fingerprint density at radius 2 is 2.10 bits per heavy atom. The highest BCUT2D eigenvalue weighted by molar-refractivity contribution is 5.84. The maximum absolute atomic E-state index is 11.1. The van der Waals surface area contributed by atoms with Gasteiger partial charge in [0.1, 0.15) is 0 Å². The van der Waals surface area contributed by atoms with Crippen LogP contribution in [0.4, 0.5) is 10.5 Å². The van der Waals surface area contributed by atoms with Crippen LogP contribution in [0.5, 0.6) is 11.5 Å². The number of nitrogens with two attached hydrogens (primary N) is 1. The van der Waals surface area contributed by atoms with Crippen molar-refractivity contribution < 1.29 is 19.2 Å². The van der Waals surface area contributed by atoms with Gasteiger partial charge in [0, 0.05) is 11.6 Å². The van der Waals surface area contributed by atoms with Crippen molar-refractivity contribution in [3.05, 3.63) is 27.8 Å². The monoisotopic (exact) mass is 296 g/mol. The second kappa shape index (κ2) is 7.68. The van der Waals surface area contributed by atoms with Crippen molar-refractivity contribution in [3.63, 3.8) is 0 Å². The minimum atomic E-state index is -0.836. The molecule has 1 rings (SSSR count). The van der Waals surface area contributed by atoms with E-state index in [2.05, 4.69) is 5.10 Å². The Morgan fingerprint density at radius 3 is 2.62 bits per heavy atom. The quantitative estimate of drug-likeness (QED) is 0.446. The first-order valence-corrected chi connectivity index (χ1v) is 6.16. The van der Waals surface area contributed by atoms with E-state index in [9.17, 15) is 14.9 Å². The Bertz CT molecular complexity index is 559. The van der Waals surface area contributed by atoms with E-state index in [1.54, 1.807) is 13.8 Å². The van der Waals surface area contributed by atoms with Gasteiger partial charge in [-0.15, -0.1) is 0 Å². The Labute approximate surface area is 120 Å². The Morgan fingerprint density at radius 1 is 1.43 bits per heavy atom. The number of ether oxygens (including phenoxy) is 2. The van der Waals surface area contributed by atoms with Gasteiger partial charge in [-0.1, -0.05) is 0 Å². The molecular formula is C12H16N4O5. The van der Waals surface area contributed by atoms with E-state index in [0.29, 0.717) is 12.2 Å². The van der Waals surface area contributed by atoms with Crippen molar-refractivity contribution in [1.29, 1.82) is 0 Å². The molecule has 0 aliphatic rings. The number of benzene rings is 1. The van der Waals surface area contributed by atoms with Crippen LogP contribution in [0.2, 0.25) is 0 Å². The van der Waals surface area contributed by atoms with Crippen LogP contribution >= 0.6 is 0 Å². The summed E-state index contributed by atoms with van der Waals surface area (Å²) in [7, 11) is 0. The number of carbonyl (C=O) groups is 1. The van der Waals surface area contributed by atoms with Crippen LogP contribution in [0.15, 0.2) is 17.2 Å². The molecule has 2 amide bonds. The molecule has 21 heavy (non-hydrogen) atoms. The summed E-state index contributed by atoms with van der Waals surface area (Å²) in [5.41, 5.74) is 6.98. The Hall–Kier alpha value is -2.84. The smallest absolute Gasteiger partial charge is 0.332 e. The highest BCUT2D eigenvalue weighted by Crippen LogP contribution is 2.38. The molecule has 0 heterocycles. The normalized spacial score (nSPS) is 10.4. The molecule has 0 saturated heterocycles. The number of primary amides is 1. The number of nitrogens with one attached hydrogen (secondary N) is 1. The number of amides is 2. The van der Waals surface area contributed by atoms with Crippen LogP contribution < -0.4 is 20.6 Å². The standard InChI is InChI=1S/C12H16N4O5/c1-3-20-10-6-8(7-14-15-12(13)17)5-9(16(18)19)11(10)21-4-2/h5-7H,3-4H2,1-2H3,(H3,13,15,17)/b14-7-. The van der Waals surface area contributed by atoms with Gasteiger partial charge >= 0.3 is 11.7 Å². The topological polar surface area (TPSA) is 129 Å². The molecule has 9 nitrogen and oxygen atoms in total. The molecule has 1 aromatic rings. The van der Waals surface area contributed by atoms with Crippen LogP contribution in [-0.4, -0.2) is 30.4 Å². The van der Waals surface area contributed by atoms with E-state index in [1.165, 1.54) is 18.3 Å². The zero-order valence-corrected chi connectivity index (χ0v) is 11.7. The Balaban J connectivity index is 3.25. The number of urea groups is 1. The van der Waals surface area contributed by atoms with Gasteiger partial charge in [0.25, 0.3) is 0 Å². The number of hydrogen-bond donors (Lipinski definition) is 2. The molecule has 0 fully saturated rings. The van der Waals surface area contributed by atoms with E-state index >= 15 is 0 Å². The van der Waals surface area contributed by atoms with Crippen LogP contribution in [-0.2, 0) is 0 Å². The fourth-order valence-electron chi connectivity index (χ4n) is 1.54. The number of rotatable bonds is 7. The summed E-state index contributed by atoms with van der Waals surface area (Å²) in [5.74, 6) is 0.290. The lowest BCUT2D eigenvalue weighted by atomic mass is 10.2. The summed E-state index contributed by atoms with van der Waals surface area (Å²) in [6, 6.07) is 1.95. The number of carbonyl (C=O) groups excluding carboxylic acids is 1. The molecule has 0 saturated carbocycles. The van der Waals surface area contributed by atoms with Gasteiger partial charge in [-0.05, 0) is 19.9 Å². The molecule has 0 radical (unpaired) electrons. The number of nitro groups is 1. The van der Waals surface area contributed by atoms with Crippen molar-refractivity contribution in [2.24, 2.45) is 10.8 Å². The first kappa shape index (κ1) is 16.2. The minimum absolute atomic E-state index is 0.0596. The molecule has 0 aliphatic carbocycles. The number of hydrogen-bond acceptors (Lipinski definition) is 6. The van der Waals surface area contributed by atoms with Crippen molar-refractivity contribution in [1.82, 2.24) is 5.43 Å². The lowest BCUT2D eigenvalue weighted by Crippen LogP contribution is -2.24. The predicted octanol–water partition coefficient (Wildman–Crippen LogP) is 1.39. The van der Waals surface area contributed by atoms with Gasteiger partial charge < -0.3 is 15.2 Å². The lowest BCUT2D eigenvalue weighted by Gasteiger charge is -2.11. The molecule has 0 atom stereocenters. The third-order valence-corrected chi connectivity index (χ3v) is 2.23. The SMILES string of the molecule is CCOc1cc(/C=N\NC(N)=O)cc([N+](=O)[O-])c1OCC. The largest absolute Gasteiger partial charge is 0.490 e. The third kappa shape index (κ3) is 4.64. The van der Waals surface area contributed by atoms with Crippen molar-refractivity contribution in [2.45, 2.75) is 13.8 Å².